The number of carbonyl (C=O) groups is 1. The van der Waals surface area contributed by atoms with E-state index in [9.17, 15) is 18.0 Å². The van der Waals surface area contributed by atoms with Crippen molar-refractivity contribution in [3.63, 3.8) is 0 Å². The highest BCUT2D eigenvalue weighted by Crippen LogP contribution is 2.36. The van der Waals surface area contributed by atoms with Crippen LogP contribution in [0.4, 0.5) is 13.2 Å². The Morgan fingerprint density at radius 1 is 1.35 bits per heavy atom. The van der Waals surface area contributed by atoms with Crippen molar-refractivity contribution in [1.29, 1.82) is 0 Å². The monoisotopic (exact) mass is 287 g/mol. The van der Waals surface area contributed by atoms with Crippen LogP contribution in [-0.2, 0) is 6.18 Å². The minimum absolute atomic E-state index is 0.132. The van der Waals surface area contributed by atoms with Crippen molar-refractivity contribution < 1.29 is 32.2 Å². The number of carboxylic acid groups (broad SMARTS) is 1. The number of nitrogens with zero attached hydrogens (tertiary/aromatic N) is 1. The first-order valence-corrected chi connectivity index (χ1v) is 5.29. The molecule has 0 saturated carbocycles. The summed E-state index contributed by atoms with van der Waals surface area (Å²) >= 11 is 0. The van der Waals surface area contributed by atoms with E-state index in [1.807, 2.05) is 0 Å². The van der Waals surface area contributed by atoms with Gasteiger partial charge < -0.3 is 14.3 Å². The Balaban J connectivity index is 2.62. The van der Waals surface area contributed by atoms with Gasteiger partial charge in [0, 0.05) is 0 Å². The molecule has 2 rings (SSSR count). The summed E-state index contributed by atoms with van der Waals surface area (Å²) in [6.07, 6.45) is -4.92. The number of para-hydroxylation sites is 1. The molecular formula is C12H8F3NO4. The average Bonchev–Trinajstić information content (AvgIpc) is 2.83. The van der Waals surface area contributed by atoms with Gasteiger partial charge in [-0.15, -0.1) is 0 Å². The lowest BCUT2D eigenvalue weighted by molar-refractivity contribution is -0.141. The van der Waals surface area contributed by atoms with Gasteiger partial charge in [0.15, 0.2) is 5.69 Å². The molecule has 1 N–H and O–H groups in total. The molecule has 106 valence electrons. The first-order chi connectivity index (χ1) is 9.34. The third kappa shape index (κ3) is 2.44. The number of aromatic carboxylic acids is 1. The number of ether oxygens (including phenoxy) is 1. The Morgan fingerprint density at radius 3 is 2.50 bits per heavy atom. The van der Waals surface area contributed by atoms with E-state index in [2.05, 4.69) is 4.98 Å². The Labute approximate surface area is 110 Å². The normalized spacial score (nSPS) is 11.4. The summed E-state index contributed by atoms with van der Waals surface area (Å²) < 4.78 is 47.8. The Kier molecular flexibility index (Phi) is 3.39. The van der Waals surface area contributed by atoms with E-state index in [-0.39, 0.29) is 11.3 Å². The number of methoxy groups -OCH3 is 1. The molecule has 0 spiro atoms. The second-order valence-corrected chi connectivity index (χ2v) is 3.70. The van der Waals surface area contributed by atoms with Gasteiger partial charge in [-0.05, 0) is 12.1 Å². The van der Waals surface area contributed by atoms with Crippen molar-refractivity contribution >= 4 is 5.97 Å². The summed E-state index contributed by atoms with van der Waals surface area (Å²) in [6.45, 7) is 0. The topological polar surface area (TPSA) is 72.6 Å². The van der Waals surface area contributed by atoms with Gasteiger partial charge in [-0.3, -0.25) is 0 Å². The lowest BCUT2D eigenvalue weighted by Crippen LogP contribution is -2.11. The van der Waals surface area contributed by atoms with Gasteiger partial charge in [0.05, 0.1) is 12.7 Å². The van der Waals surface area contributed by atoms with E-state index in [0.29, 0.717) is 0 Å². The fourth-order valence-corrected chi connectivity index (χ4v) is 1.59. The largest absolute Gasteiger partial charge is 0.496 e. The molecule has 1 aromatic carbocycles. The smallest absolute Gasteiger partial charge is 0.437 e. The molecule has 0 unspecified atom stereocenters. The fraction of sp³-hybridized carbons (Fsp3) is 0.167. The molecule has 2 aromatic rings. The van der Waals surface area contributed by atoms with E-state index in [4.69, 9.17) is 14.3 Å². The molecule has 0 atom stereocenters. The van der Waals surface area contributed by atoms with Crippen LogP contribution >= 0.6 is 0 Å². The maximum atomic E-state index is 12.7. The van der Waals surface area contributed by atoms with Crippen LogP contribution in [0.5, 0.6) is 5.75 Å². The standard InChI is InChI=1S/C12H8F3NO4/c1-19-7-5-3-2-4-6(7)10-16-9(12(13,14)15)8(20-10)11(17)18/h2-5H,1H3,(H,17,18). The van der Waals surface area contributed by atoms with Gasteiger partial charge in [-0.25, -0.2) is 9.78 Å². The molecule has 0 fully saturated rings. The van der Waals surface area contributed by atoms with Gasteiger partial charge in [0.1, 0.15) is 5.75 Å². The van der Waals surface area contributed by atoms with Crippen LogP contribution in [0.25, 0.3) is 11.5 Å². The second-order valence-electron chi connectivity index (χ2n) is 3.70. The summed E-state index contributed by atoms with van der Waals surface area (Å²) in [5.74, 6) is -3.34. The fourth-order valence-electron chi connectivity index (χ4n) is 1.59. The predicted octanol–water partition coefficient (Wildman–Crippen LogP) is 3.07. The highest BCUT2D eigenvalue weighted by molar-refractivity contribution is 5.86. The molecule has 0 amide bonds. The summed E-state index contributed by atoms with van der Waals surface area (Å²) in [6, 6.07) is 6.05. The van der Waals surface area contributed by atoms with Crippen LogP contribution in [-0.4, -0.2) is 23.2 Å². The van der Waals surface area contributed by atoms with Crippen LogP contribution in [0, 0.1) is 0 Å². The lowest BCUT2D eigenvalue weighted by Gasteiger charge is -2.03. The highest BCUT2D eigenvalue weighted by atomic mass is 19.4. The maximum absolute atomic E-state index is 12.7. The number of hydrogen-bond acceptors (Lipinski definition) is 4. The summed E-state index contributed by atoms with van der Waals surface area (Å²) in [7, 11) is 1.32. The molecule has 5 nitrogen and oxygen atoms in total. The number of oxazole rings is 1. The minimum Gasteiger partial charge on any atom is -0.496 e. The molecule has 1 heterocycles. The molecule has 0 aliphatic carbocycles. The van der Waals surface area contributed by atoms with E-state index in [1.165, 1.54) is 25.3 Å². The third-order valence-corrected chi connectivity index (χ3v) is 2.43. The van der Waals surface area contributed by atoms with E-state index in [0.717, 1.165) is 0 Å². The van der Waals surface area contributed by atoms with Crippen LogP contribution in [0.15, 0.2) is 28.7 Å². The van der Waals surface area contributed by atoms with Crippen LogP contribution < -0.4 is 4.74 Å². The van der Waals surface area contributed by atoms with E-state index in [1.54, 1.807) is 6.07 Å². The summed E-state index contributed by atoms with van der Waals surface area (Å²) in [5.41, 5.74) is -1.45. The number of halogens is 3. The molecule has 0 bridgehead atoms. The Hall–Kier alpha value is -2.51. The zero-order valence-corrected chi connectivity index (χ0v) is 10.1. The molecular weight excluding hydrogens is 279 g/mol. The lowest BCUT2D eigenvalue weighted by atomic mass is 10.2. The van der Waals surface area contributed by atoms with Crippen LogP contribution in [0.3, 0.4) is 0 Å². The minimum atomic E-state index is -4.92. The molecule has 0 aliphatic heterocycles. The molecule has 20 heavy (non-hydrogen) atoms. The molecule has 0 saturated heterocycles. The van der Waals surface area contributed by atoms with Crippen molar-refractivity contribution in [2.45, 2.75) is 6.18 Å². The molecule has 8 heteroatoms. The summed E-state index contributed by atoms with van der Waals surface area (Å²) in [4.78, 5) is 14.0. The van der Waals surface area contributed by atoms with Crippen LogP contribution in [0.2, 0.25) is 0 Å². The SMILES string of the molecule is COc1ccccc1-c1nc(C(F)(F)F)c(C(=O)O)o1. The summed E-state index contributed by atoms with van der Waals surface area (Å²) in [5, 5.41) is 8.75. The van der Waals surface area contributed by atoms with Gasteiger partial charge in [-0.1, -0.05) is 12.1 Å². The van der Waals surface area contributed by atoms with Crippen molar-refractivity contribution in [2.75, 3.05) is 7.11 Å². The quantitative estimate of drug-likeness (QED) is 0.939. The van der Waals surface area contributed by atoms with E-state index >= 15 is 0 Å². The molecule has 1 aromatic heterocycles. The van der Waals surface area contributed by atoms with Crippen molar-refractivity contribution in [2.24, 2.45) is 0 Å². The van der Waals surface area contributed by atoms with Crippen molar-refractivity contribution in [3.8, 4) is 17.2 Å². The van der Waals surface area contributed by atoms with Gasteiger partial charge in [0.2, 0.25) is 11.7 Å². The van der Waals surface area contributed by atoms with Crippen molar-refractivity contribution in [3.05, 3.63) is 35.7 Å². The zero-order valence-electron chi connectivity index (χ0n) is 10.1. The number of aromatic nitrogens is 1. The third-order valence-electron chi connectivity index (χ3n) is 2.43. The zero-order chi connectivity index (χ0) is 14.9. The highest BCUT2D eigenvalue weighted by Gasteiger charge is 2.41. The number of benzene rings is 1. The first-order valence-electron chi connectivity index (χ1n) is 5.29. The first kappa shape index (κ1) is 13.9. The Morgan fingerprint density at radius 2 is 2.00 bits per heavy atom. The number of rotatable bonds is 3. The number of carboxylic acids is 1. The van der Waals surface area contributed by atoms with Gasteiger partial charge in [0.25, 0.3) is 0 Å². The molecule has 0 radical (unpaired) electrons. The van der Waals surface area contributed by atoms with Gasteiger partial charge in [-0.2, -0.15) is 13.2 Å². The van der Waals surface area contributed by atoms with Crippen molar-refractivity contribution in [1.82, 2.24) is 4.98 Å². The number of alkyl halides is 3. The average molecular weight is 287 g/mol. The maximum Gasteiger partial charge on any atom is 0.437 e. The van der Waals surface area contributed by atoms with Gasteiger partial charge >= 0.3 is 12.1 Å². The molecule has 0 aliphatic rings. The predicted molar refractivity (Wildman–Crippen MR) is 60.5 cm³/mol. The number of hydrogen-bond donors (Lipinski definition) is 1. The van der Waals surface area contributed by atoms with E-state index < -0.39 is 29.5 Å². The second kappa shape index (κ2) is 4.87. The Bertz CT molecular complexity index is 648. The van der Waals surface area contributed by atoms with Crippen LogP contribution in [0.1, 0.15) is 16.2 Å².